The highest BCUT2D eigenvalue weighted by atomic mass is 19.1. The fraction of sp³-hybridized carbons (Fsp3) is 0.158. The van der Waals surface area contributed by atoms with Gasteiger partial charge in [-0.1, -0.05) is 0 Å². The maximum Gasteiger partial charge on any atom is 0.254 e. The Morgan fingerprint density at radius 2 is 1.86 bits per heavy atom. The Morgan fingerprint density at radius 1 is 1.03 bits per heavy atom. The molecule has 29 heavy (non-hydrogen) atoms. The van der Waals surface area contributed by atoms with Crippen molar-refractivity contribution in [3.8, 4) is 5.69 Å². The van der Waals surface area contributed by atoms with Crippen molar-refractivity contribution < 1.29 is 22.8 Å². The minimum absolute atomic E-state index is 0.0542. The number of hydrogen-bond donors (Lipinski definition) is 2. The summed E-state index contributed by atoms with van der Waals surface area (Å²) in [5, 5.41) is 8.84. The van der Waals surface area contributed by atoms with Gasteiger partial charge in [0.05, 0.1) is 5.56 Å². The van der Waals surface area contributed by atoms with Crippen LogP contribution in [0.25, 0.3) is 5.69 Å². The molecular formula is C19H16F3N5O2. The second-order valence-corrected chi connectivity index (χ2v) is 6.04. The number of carbonyl (C=O) groups excluding carboxylic acids is 2. The second-order valence-electron chi connectivity index (χ2n) is 6.04. The number of nitrogens with zero attached hydrogens (tertiary/aromatic N) is 3. The van der Waals surface area contributed by atoms with Crippen LogP contribution in [-0.2, 0) is 4.79 Å². The van der Waals surface area contributed by atoms with Gasteiger partial charge in [0.2, 0.25) is 5.91 Å². The van der Waals surface area contributed by atoms with Gasteiger partial charge in [-0.2, -0.15) is 5.10 Å². The average molecular weight is 403 g/mol. The zero-order valence-electron chi connectivity index (χ0n) is 15.0. The van der Waals surface area contributed by atoms with Gasteiger partial charge in [0.25, 0.3) is 5.91 Å². The third-order valence-electron chi connectivity index (χ3n) is 3.94. The van der Waals surface area contributed by atoms with E-state index < -0.39 is 23.4 Å². The van der Waals surface area contributed by atoms with Crippen LogP contribution in [0.2, 0.25) is 0 Å². The van der Waals surface area contributed by atoms with Gasteiger partial charge in [0, 0.05) is 24.7 Å². The topological polar surface area (TPSA) is 88.9 Å². The fourth-order valence-corrected chi connectivity index (χ4v) is 2.55. The van der Waals surface area contributed by atoms with Crippen molar-refractivity contribution in [2.45, 2.75) is 12.8 Å². The summed E-state index contributed by atoms with van der Waals surface area (Å²) in [5.74, 6) is -3.39. The number of carbonyl (C=O) groups is 2. The molecule has 0 atom stereocenters. The molecule has 0 fully saturated rings. The SMILES string of the molecule is O=C(CCCNC(=O)c1ccc(F)cc1F)Nc1ccc(-n2cncn2)c(F)c1. The molecule has 0 bridgehead atoms. The monoisotopic (exact) mass is 403 g/mol. The van der Waals surface area contributed by atoms with Gasteiger partial charge >= 0.3 is 0 Å². The van der Waals surface area contributed by atoms with Crippen LogP contribution in [0.4, 0.5) is 18.9 Å². The Morgan fingerprint density at radius 3 is 2.55 bits per heavy atom. The van der Waals surface area contributed by atoms with E-state index in [0.717, 1.165) is 18.2 Å². The van der Waals surface area contributed by atoms with Crippen molar-refractivity contribution in [2.24, 2.45) is 0 Å². The molecule has 2 amide bonds. The molecule has 150 valence electrons. The molecule has 0 saturated heterocycles. The lowest BCUT2D eigenvalue weighted by Crippen LogP contribution is -2.26. The molecule has 0 radical (unpaired) electrons. The van der Waals surface area contributed by atoms with Gasteiger partial charge in [-0.15, -0.1) is 0 Å². The van der Waals surface area contributed by atoms with Gasteiger partial charge in [0.1, 0.15) is 30.0 Å². The molecule has 2 N–H and O–H groups in total. The van der Waals surface area contributed by atoms with Crippen LogP contribution in [0.5, 0.6) is 0 Å². The summed E-state index contributed by atoms with van der Waals surface area (Å²) in [6.07, 6.45) is 2.96. The molecule has 0 unspecified atom stereocenters. The van der Waals surface area contributed by atoms with Gasteiger partial charge in [-0.3, -0.25) is 9.59 Å². The predicted octanol–water partition coefficient (Wildman–Crippen LogP) is 2.83. The maximum atomic E-state index is 14.1. The highest BCUT2D eigenvalue weighted by Gasteiger charge is 2.12. The third kappa shape index (κ3) is 5.18. The van der Waals surface area contributed by atoms with Gasteiger partial charge in [0.15, 0.2) is 5.82 Å². The summed E-state index contributed by atoms with van der Waals surface area (Å²) in [7, 11) is 0. The van der Waals surface area contributed by atoms with E-state index in [1.54, 1.807) is 0 Å². The maximum absolute atomic E-state index is 14.1. The molecule has 0 saturated carbocycles. The molecule has 3 rings (SSSR count). The molecule has 2 aromatic carbocycles. The molecule has 0 aliphatic heterocycles. The predicted molar refractivity (Wildman–Crippen MR) is 97.9 cm³/mol. The lowest BCUT2D eigenvalue weighted by atomic mass is 10.2. The van der Waals surface area contributed by atoms with E-state index in [1.165, 1.54) is 29.5 Å². The normalized spacial score (nSPS) is 10.6. The van der Waals surface area contributed by atoms with E-state index in [1.807, 2.05) is 0 Å². The minimum Gasteiger partial charge on any atom is -0.352 e. The summed E-state index contributed by atoms with van der Waals surface area (Å²) in [6, 6.07) is 6.79. The first-order valence-corrected chi connectivity index (χ1v) is 8.61. The van der Waals surface area contributed by atoms with E-state index >= 15 is 0 Å². The molecule has 0 aliphatic carbocycles. The number of amides is 2. The molecular weight excluding hydrogens is 387 g/mol. The Bertz CT molecular complexity index is 1020. The van der Waals surface area contributed by atoms with Crippen LogP contribution >= 0.6 is 0 Å². The Hall–Kier alpha value is -3.69. The Balaban J connectivity index is 1.45. The molecule has 0 spiro atoms. The summed E-state index contributed by atoms with van der Waals surface area (Å²) < 4.78 is 41.8. The van der Waals surface area contributed by atoms with Crippen LogP contribution in [0.15, 0.2) is 49.1 Å². The number of anilines is 1. The van der Waals surface area contributed by atoms with E-state index in [4.69, 9.17) is 0 Å². The van der Waals surface area contributed by atoms with Gasteiger partial charge in [-0.25, -0.2) is 22.8 Å². The third-order valence-corrected chi connectivity index (χ3v) is 3.94. The largest absolute Gasteiger partial charge is 0.352 e. The van der Waals surface area contributed by atoms with Crippen LogP contribution in [0.1, 0.15) is 23.2 Å². The lowest BCUT2D eigenvalue weighted by Gasteiger charge is -2.09. The van der Waals surface area contributed by atoms with E-state index in [-0.39, 0.29) is 42.2 Å². The fourth-order valence-electron chi connectivity index (χ4n) is 2.55. The van der Waals surface area contributed by atoms with Crippen LogP contribution in [0.3, 0.4) is 0 Å². The van der Waals surface area contributed by atoms with E-state index in [9.17, 15) is 22.8 Å². The van der Waals surface area contributed by atoms with Gasteiger partial charge in [-0.05, 0) is 36.8 Å². The van der Waals surface area contributed by atoms with E-state index in [2.05, 4.69) is 20.7 Å². The lowest BCUT2D eigenvalue weighted by molar-refractivity contribution is -0.116. The first-order valence-electron chi connectivity index (χ1n) is 8.61. The van der Waals surface area contributed by atoms with Crippen molar-refractivity contribution >= 4 is 17.5 Å². The molecule has 1 aromatic heterocycles. The Kier molecular flexibility index (Phi) is 6.22. The molecule has 10 heteroatoms. The Labute approximate surface area is 163 Å². The highest BCUT2D eigenvalue weighted by molar-refractivity contribution is 5.94. The zero-order valence-corrected chi connectivity index (χ0v) is 15.0. The molecule has 7 nitrogen and oxygen atoms in total. The summed E-state index contributed by atoms with van der Waals surface area (Å²) >= 11 is 0. The zero-order chi connectivity index (χ0) is 20.8. The number of nitrogens with one attached hydrogen (secondary N) is 2. The van der Waals surface area contributed by atoms with Crippen LogP contribution in [-0.4, -0.2) is 33.1 Å². The van der Waals surface area contributed by atoms with Crippen molar-refractivity contribution in [2.75, 3.05) is 11.9 Å². The first-order chi connectivity index (χ1) is 13.9. The van der Waals surface area contributed by atoms with Crippen molar-refractivity contribution in [3.63, 3.8) is 0 Å². The number of hydrogen-bond acceptors (Lipinski definition) is 4. The van der Waals surface area contributed by atoms with Crippen molar-refractivity contribution in [1.82, 2.24) is 20.1 Å². The number of rotatable bonds is 7. The number of halogens is 3. The number of benzene rings is 2. The quantitative estimate of drug-likeness (QED) is 0.594. The molecule has 0 aliphatic rings. The average Bonchev–Trinajstić information content (AvgIpc) is 3.19. The van der Waals surface area contributed by atoms with Gasteiger partial charge < -0.3 is 10.6 Å². The van der Waals surface area contributed by atoms with Crippen molar-refractivity contribution in [1.29, 1.82) is 0 Å². The molecule has 1 heterocycles. The second kappa shape index (κ2) is 9.00. The first kappa shape index (κ1) is 20.1. The van der Waals surface area contributed by atoms with Crippen LogP contribution in [0, 0.1) is 17.5 Å². The highest BCUT2D eigenvalue weighted by Crippen LogP contribution is 2.17. The van der Waals surface area contributed by atoms with Crippen molar-refractivity contribution in [3.05, 3.63) is 72.1 Å². The summed E-state index contributed by atoms with van der Waals surface area (Å²) in [4.78, 5) is 27.6. The number of aromatic nitrogens is 3. The standard InChI is InChI=1S/C19H16F3N5O2/c20-12-3-5-14(15(21)8-12)19(29)24-7-1-2-18(28)26-13-4-6-17(16(22)9-13)27-11-23-10-25-27/h3-6,8-11H,1-2,7H2,(H,24,29)(H,26,28). The minimum atomic E-state index is -0.961. The van der Waals surface area contributed by atoms with E-state index in [0.29, 0.717) is 6.07 Å². The summed E-state index contributed by atoms with van der Waals surface area (Å²) in [5.41, 5.74) is 0.184. The molecule has 3 aromatic rings. The summed E-state index contributed by atoms with van der Waals surface area (Å²) in [6.45, 7) is 0.114. The smallest absolute Gasteiger partial charge is 0.254 e. The van der Waals surface area contributed by atoms with Crippen LogP contribution < -0.4 is 10.6 Å².